The first-order chi connectivity index (χ1) is 10.5. The van der Waals surface area contributed by atoms with Crippen LogP contribution in [0.25, 0.3) is 0 Å². The molecule has 1 N–H and O–H groups in total. The van der Waals surface area contributed by atoms with Gasteiger partial charge in [-0.3, -0.25) is 4.79 Å². The number of aryl methyl sites for hydroxylation is 2. The van der Waals surface area contributed by atoms with Crippen LogP contribution in [0.4, 0.5) is 5.69 Å². The Labute approximate surface area is 131 Å². The number of rotatable bonds is 5. The molecule has 1 atom stereocenters. The number of hydrogen-bond acceptors (Lipinski definition) is 3. The summed E-state index contributed by atoms with van der Waals surface area (Å²) < 4.78 is 10.9. The zero-order chi connectivity index (χ0) is 16.1. The molecule has 2 aromatic rings. The van der Waals surface area contributed by atoms with Gasteiger partial charge in [-0.2, -0.15) is 0 Å². The number of hydrogen-bond donors (Lipinski definition) is 1. The molecule has 0 aliphatic heterocycles. The number of anilines is 1. The lowest BCUT2D eigenvalue weighted by Gasteiger charge is -2.16. The molecule has 116 valence electrons. The minimum Gasteiger partial charge on any atom is -0.495 e. The molecule has 1 unspecified atom stereocenters. The van der Waals surface area contributed by atoms with Crippen LogP contribution in [0.1, 0.15) is 18.1 Å². The van der Waals surface area contributed by atoms with E-state index in [4.69, 9.17) is 9.47 Å². The predicted molar refractivity (Wildman–Crippen MR) is 87.6 cm³/mol. The van der Waals surface area contributed by atoms with Gasteiger partial charge in [-0.1, -0.05) is 23.8 Å². The Balaban J connectivity index is 2.05. The summed E-state index contributed by atoms with van der Waals surface area (Å²) in [6.07, 6.45) is -0.604. The van der Waals surface area contributed by atoms with Gasteiger partial charge in [0.2, 0.25) is 0 Å². The van der Waals surface area contributed by atoms with Crippen molar-refractivity contribution in [1.29, 1.82) is 0 Å². The van der Waals surface area contributed by atoms with E-state index in [0.29, 0.717) is 17.2 Å². The maximum Gasteiger partial charge on any atom is 0.265 e. The van der Waals surface area contributed by atoms with E-state index in [0.717, 1.165) is 11.1 Å². The van der Waals surface area contributed by atoms with Crippen LogP contribution in [0, 0.1) is 13.8 Å². The molecule has 2 aromatic carbocycles. The fourth-order valence-corrected chi connectivity index (χ4v) is 2.03. The number of methoxy groups -OCH3 is 1. The van der Waals surface area contributed by atoms with E-state index in [1.807, 2.05) is 56.3 Å². The smallest absolute Gasteiger partial charge is 0.265 e. The molecule has 0 saturated heterocycles. The first-order valence-corrected chi connectivity index (χ1v) is 7.18. The molecule has 22 heavy (non-hydrogen) atoms. The second-order valence-electron chi connectivity index (χ2n) is 5.27. The molecule has 4 nitrogen and oxygen atoms in total. The van der Waals surface area contributed by atoms with Crippen LogP contribution in [0.3, 0.4) is 0 Å². The van der Waals surface area contributed by atoms with Crippen molar-refractivity contribution in [3.8, 4) is 11.5 Å². The van der Waals surface area contributed by atoms with E-state index < -0.39 is 6.10 Å². The lowest BCUT2D eigenvalue weighted by atomic mass is 10.2. The van der Waals surface area contributed by atoms with Crippen molar-refractivity contribution in [2.24, 2.45) is 0 Å². The topological polar surface area (TPSA) is 47.6 Å². The molecule has 1 amide bonds. The number of nitrogens with one attached hydrogen (secondary N) is 1. The molecule has 2 rings (SSSR count). The van der Waals surface area contributed by atoms with Crippen LogP contribution in [-0.4, -0.2) is 19.1 Å². The van der Waals surface area contributed by atoms with Crippen LogP contribution in [0.5, 0.6) is 11.5 Å². The monoisotopic (exact) mass is 299 g/mol. The van der Waals surface area contributed by atoms with Crippen molar-refractivity contribution in [2.45, 2.75) is 26.9 Å². The SMILES string of the molecule is COc1ccc(C)cc1NC(=O)C(C)Oc1ccc(C)cc1. The number of ether oxygens (including phenoxy) is 2. The molecule has 0 fully saturated rings. The molecule has 0 saturated carbocycles. The minimum absolute atomic E-state index is 0.218. The second kappa shape index (κ2) is 6.98. The van der Waals surface area contributed by atoms with Crippen molar-refractivity contribution in [1.82, 2.24) is 0 Å². The maximum absolute atomic E-state index is 12.3. The van der Waals surface area contributed by atoms with Gasteiger partial charge < -0.3 is 14.8 Å². The summed E-state index contributed by atoms with van der Waals surface area (Å²) in [5.41, 5.74) is 2.84. The highest BCUT2D eigenvalue weighted by atomic mass is 16.5. The van der Waals surface area contributed by atoms with Crippen LogP contribution in [-0.2, 0) is 4.79 Å². The molecule has 0 heterocycles. The summed E-state index contributed by atoms with van der Waals surface area (Å²) in [5.74, 6) is 1.08. The van der Waals surface area contributed by atoms with Gasteiger partial charge in [0.25, 0.3) is 5.91 Å². The Bertz CT molecular complexity index is 650. The third kappa shape index (κ3) is 4.01. The van der Waals surface area contributed by atoms with Gasteiger partial charge in [0.1, 0.15) is 11.5 Å². The average Bonchev–Trinajstić information content (AvgIpc) is 2.49. The predicted octanol–water partition coefficient (Wildman–Crippen LogP) is 3.72. The number of amides is 1. The zero-order valence-electron chi connectivity index (χ0n) is 13.3. The first-order valence-electron chi connectivity index (χ1n) is 7.18. The Hall–Kier alpha value is -2.49. The van der Waals surface area contributed by atoms with Gasteiger partial charge in [-0.15, -0.1) is 0 Å². The standard InChI is InChI=1S/C18H21NO3/c1-12-5-8-15(9-6-12)22-14(3)18(20)19-16-11-13(2)7-10-17(16)21-4/h5-11,14H,1-4H3,(H,19,20). The first kappa shape index (κ1) is 15.9. The van der Waals surface area contributed by atoms with E-state index >= 15 is 0 Å². The third-order valence-corrected chi connectivity index (χ3v) is 3.32. The molecule has 4 heteroatoms. The number of carbonyl (C=O) groups excluding carboxylic acids is 1. The highest BCUT2D eigenvalue weighted by Crippen LogP contribution is 2.25. The third-order valence-electron chi connectivity index (χ3n) is 3.32. The second-order valence-corrected chi connectivity index (χ2v) is 5.27. The molecule has 0 aliphatic carbocycles. The quantitative estimate of drug-likeness (QED) is 0.915. The van der Waals surface area contributed by atoms with Gasteiger partial charge in [-0.05, 0) is 50.6 Å². The van der Waals surface area contributed by atoms with Crippen molar-refractivity contribution >= 4 is 11.6 Å². The van der Waals surface area contributed by atoms with Gasteiger partial charge >= 0.3 is 0 Å². The minimum atomic E-state index is -0.604. The number of carbonyl (C=O) groups is 1. The highest BCUT2D eigenvalue weighted by molar-refractivity contribution is 5.95. The van der Waals surface area contributed by atoms with Crippen molar-refractivity contribution in [2.75, 3.05) is 12.4 Å². The fourth-order valence-electron chi connectivity index (χ4n) is 2.03. The Morgan fingerprint density at radius 3 is 2.32 bits per heavy atom. The van der Waals surface area contributed by atoms with E-state index in [1.165, 1.54) is 0 Å². The lowest BCUT2D eigenvalue weighted by molar-refractivity contribution is -0.122. The normalized spacial score (nSPS) is 11.6. The van der Waals surface area contributed by atoms with Crippen LogP contribution in [0.2, 0.25) is 0 Å². The van der Waals surface area contributed by atoms with Crippen LogP contribution < -0.4 is 14.8 Å². The average molecular weight is 299 g/mol. The Morgan fingerprint density at radius 1 is 1.05 bits per heavy atom. The Morgan fingerprint density at radius 2 is 1.68 bits per heavy atom. The summed E-state index contributed by atoms with van der Waals surface area (Å²) in [5, 5.41) is 2.84. The van der Waals surface area contributed by atoms with Gasteiger partial charge in [0, 0.05) is 0 Å². The zero-order valence-corrected chi connectivity index (χ0v) is 13.3. The number of benzene rings is 2. The fraction of sp³-hybridized carbons (Fsp3) is 0.278. The van der Waals surface area contributed by atoms with Gasteiger partial charge in [-0.25, -0.2) is 0 Å². The van der Waals surface area contributed by atoms with Gasteiger partial charge in [0.15, 0.2) is 6.10 Å². The summed E-state index contributed by atoms with van der Waals surface area (Å²) in [6, 6.07) is 13.2. The van der Waals surface area contributed by atoms with Crippen molar-refractivity contribution < 1.29 is 14.3 Å². The van der Waals surface area contributed by atoms with E-state index in [-0.39, 0.29) is 5.91 Å². The highest BCUT2D eigenvalue weighted by Gasteiger charge is 2.16. The lowest BCUT2D eigenvalue weighted by Crippen LogP contribution is -2.30. The van der Waals surface area contributed by atoms with Gasteiger partial charge in [0.05, 0.1) is 12.8 Å². The van der Waals surface area contributed by atoms with E-state index in [9.17, 15) is 4.79 Å². The molecule has 0 radical (unpaired) electrons. The molecule has 0 spiro atoms. The largest absolute Gasteiger partial charge is 0.495 e. The summed E-state index contributed by atoms with van der Waals surface area (Å²) >= 11 is 0. The molecular formula is C18H21NO3. The van der Waals surface area contributed by atoms with E-state index in [1.54, 1.807) is 14.0 Å². The molecular weight excluding hydrogens is 278 g/mol. The maximum atomic E-state index is 12.3. The van der Waals surface area contributed by atoms with Crippen LogP contribution in [0.15, 0.2) is 42.5 Å². The summed E-state index contributed by atoms with van der Waals surface area (Å²) in [7, 11) is 1.58. The van der Waals surface area contributed by atoms with E-state index in [2.05, 4.69) is 5.32 Å². The summed E-state index contributed by atoms with van der Waals surface area (Å²) in [6.45, 7) is 5.68. The molecule has 0 aliphatic rings. The Kier molecular flexibility index (Phi) is 5.04. The summed E-state index contributed by atoms with van der Waals surface area (Å²) in [4.78, 5) is 12.3. The van der Waals surface area contributed by atoms with Crippen LogP contribution >= 0.6 is 0 Å². The molecule has 0 aromatic heterocycles. The molecule has 0 bridgehead atoms. The van der Waals surface area contributed by atoms with Crippen molar-refractivity contribution in [3.05, 3.63) is 53.6 Å². The van der Waals surface area contributed by atoms with Crippen molar-refractivity contribution in [3.63, 3.8) is 0 Å².